The summed E-state index contributed by atoms with van der Waals surface area (Å²) in [6.07, 6.45) is 1.24. The van der Waals surface area contributed by atoms with Crippen LogP contribution in [0.15, 0.2) is 58.8 Å². The van der Waals surface area contributed by atoms with Gasteiger partial charge in [0.1, 0.15) is 11.5 Å². The molecule has 1 unspecified atom stereocenters. The minimum atomic E-state index is -3.69. The smallest absolute Gasteiger partial charge is 0.243 e. The molecule has 0 bridgehead atoms. The molecule has 1 aliphatic heterocycles. The van der Waals surface area contributed by atoms with Gasteiger partial charge in [-0.15, -0.1) is 11.3 Å². The van der Waals surface area contributed by atoms with Gasteiger partial charge < -0.3 is 14.8 Å². The third kappa shape index (κ3) is 5.18. The van der Waals surface area contributed by atoms with Gasteiger partial charge in [0.05, 0.1) is 30.7 Å². The van der Waals surface area contributed by atoms with Gasteiger partial charge >= 0.3 is 0 Å². The maximum atomic E-state index is 13.1. The summed E-state index contributed by atoms with van der Waals surface area (Å²) in [5.74, 6) is 0.677. The van der Waals surface area contributed by atoms with Crippen LogP contribution in [0.2, 0.25) is 0 Å². The van der Waals surface area contributed by atoms with Crippen molar-refractivity contribution in [2.75, 3.05) is 32.6 Å². The molecule has 33 heavy (non-hydrogen) atoms. The molecule has 1 aliphatic rings. The van der Waals surface area contributed by atoms with Gasteiger partial charge in [0.25, 0.3) is 0 Å². The number of ether oxygens (including phenoxy) is 2. The minimum Gasteiger partial charge on any atom is -0.497 e. The highest BCUT2D eigenvalue weighted by Gasteiger charge is 2.33. The van der Waals surface area contributed by atoms with E-state index in [2.05, 4.69) is 10.3 Å². The number of nitrogens with one attached hydrogen (secondary N) is 1. The quantitative estimate of drug-likeness (QED) is 0.543. The summed E-state index contributed by atoms with van der Waals surface area (Å²) in [7, 11) is -0.551. The fourth-order valence-corrected chi connectivity index (χ4v) is 5.95. The lowest BCUT2D eigenvalue weighted by Crippen LogP contribution is -2.43. The van der Waals surface area contributed by atoms with E-state index in [0.29, 0.717) is 30.3 Å². The molecule has 8 nitrogen and oxygen atoms in total. The minimum absolute atomic E-state index is 0.136. The first-order valence-electron chi connectivity index (χ1n) is 10.5. The average molecular weight is 488 g/mol. The Morgan fingerprint density at radius 3 is 2.33 bits per heavy atom. The fourth-order valence-electron chi connectivity index (χ4n) is 3.70. The Balaban J connectivity index is 1.42. The molecule has 0 spiro atoms. The Labute approximate surface area is 197 Å². The van der Waals surface area contributed by atoms with Crippen LogP contribution in [0.4, 0.5) is 5.13 Å². The van der Waals surface area contributed by atoms with Crippen molar-refractivity contribution in [3.8, 4) is 22.8 Å². The number of rotatable bonds is 7. The second-order valence-corrected chi connectivity index (χ2v) is 10.4. The zero-order valence-corrected chi connectivity index (χ0v) is 20.0. The largest absolute Gasteiger partial charge is 0.497 e. The molecule has 0 saturated carbocycles. The average Bonchev–Trinajstić information content (AvgIpc) is 3.32. The molecular formula is C23H25N3O5S2. The highest BCUT2D eigenvalue weighted by atomic mass is 32.2. The number of sulfonamides is 1. The van der Waals surface area contributed by atoms with Crippen LogP contribution in [-0.4, -0.2) is 50.9 Å². The highest BCUT2D eigenvalue weighted by Crippen LogP contribution is 2.29. The summed E-state index contributed by atoms with van der Waals surface area (Å²) in [5.41, 5.74) is 1.67. The van der Waals surface area contributed by atoms with Crippen LogP contribution >= 0.6 is 11.3 Å². The second kappa shape index (κ2) is 9.90. The number of anilines is 1. The lowest BCUT2D eigenvalue weighted by molar-refractivity contribution is -0.120. The van der Waals surface area contributed by atoms with Crippen molar-refractivity contribution in [1.82, 2.24) is 9.29 Å². The molecule has 4 rings (SSSR count). The molecule has 3 aromatic rings. The predicted octanol–water partition coefficient (Wildman–Crippen LogP) is 3.87. The van der Waals surface area contributed by atoms with Gasteiger partial charge in [-0.1, -0.05) is 0 Å². The van der Waals surface area contributed by atoms with Gasteiger partial charge in [0, 0.05) is 24.0 Å². The first kappa shape index (κ1) is 23.2. The maximum Gasteiger partial charge on any atom is 0.243 e. The van der Waals surface area contributed by atoms with Gasteiger partial charge in [0.2, 0.25) is 15.9 Å². The number of hydrogen-bond donors (Lipinski definition) is 1. The Kier molecular flexibility index (Phi) is 6.96. The SMILES string of the molecule is COc1ccc(-c2csc(NC(=O)C3CCCN(S(=O)(=O)c4ccc(OC)cc4)C3)n2)cc1. The summed E-state index contributed by atoms with van der Waals surface area (Å²) >= 11 is 1.34. The lowest BCUT2D eigenvalue weighted by Gasteiger charge is -2.31. The lowest BCUT2D eigenvalue weighted by atomic mass is 9.99. The van der Waals surface area contributed by atoms with E-state index in [9.17, 15) is 13.2 Å². The van der Waals surface area contributed by atoms with Gasteiger partial charge in [-0.05, 0) is 61.4 Å². The van der Waals surface area contributed by atoms with Crippen molar-refractivity contribution < 1.29 is 22.7 Å². The summed E-state index contributed by atoms with van der Waals surface area (Å²) in [6, 6.07) is 13.8. The summed E-state index contributed by atoms with van der Waals surface area (Å²) in [4.78, 5) is 17.6. The number of thiazole rings is 1. The molecular weight excluding hydrogens is 462 g/mol. The standard InChI is InChI=1S/C23H25N3O5S2/c1-30-18-7-5-16(6-8-18)21-15-32-23(24-21)25-22(27)17-4-3-13-26(14-17)33(28,29)20-11-9-19(31-2)10-12-20/h5-12,15,17H,3-4,13-14H2,1-2H3,(H,24,25,27). The monoisotopic (exact) mass is 487 g/mol. The van der Waals surface area contributed by atoms with E-state index < -0.39 is 15.9 Å². The van der Waals surface area contributed by atoms with Crippen molar-refractivity contribution in [1.29, 1.82) is 0 Å². The Bertz CT molecular complexity index is 1210. The predicted molar refractivity (Wildman–Crippen MR) is 127 cm³/mol. The van der Waals surface area contributed by atoms with Crippen molar-refractivity contribution >= 4 is 32.4 Å². The van der Waals surface area contributed by atoms with Gasteiger partial charge in [-0.2, -0.15) is 4.31 Å². The number of nitrogens with zero attached hydrogens (tertiary/aromatic N) is 2. The molecule has 0 aliphatic carbocycles. The topological polar surface area (TPSA) is 97.8 Å². The van der Waals surface area contributed by atoms with E-state index in [1.54, 1.807) is 19.2 Å². The number of amides is 1. The zero-order chi connectivity index (χ0) is 23.4. The molecule has 1 N–H and O–H groups in total. The summed E-state index contributed by atoms with van der Waals surface area (Å²) < 4.78 is 37.8. The van der Waals surface area contributed by atoms with Crippen LogP contribution in [0.25, 0.3) is 11.3 Å². The number of carbonyl (C=O) groups excluding carboxylic acids is 1. The molecule has 10 heteroatoms. The van der Waals surface area contributed by atoms with E-state index in [0.717, 1.165) is 17.0 Å². The van der Waals surface area contributed by atoms with Crippen LogP contribution in [0, 0.1) is 5.92 Å². The molecule has 1 aromatic heterocycles. The Hall–Kier alpha value is -2.95. The van der Waals surface area contributed by atoms with Gasteiger partial charge in [-0.25, -0.2) is 13.4 Å². The van der Waals surface area contributed by atoms with Gasteiger partial charge in [-0.3, -0.25) is 4.79 Å². The van der Waals surface area contributed by atoms with Crippen molar-refractivity contribution in [3.05, 3.63) is 53.9 Å². The molecule has 0 radical (unpaired) electrons. The third-order valence-corrected chi connectivity index (χ3v) is 8.21. The third-order valence-electron chi connectivity index (χ3n) is 5.57. The van der Waals surface area contributed by atoms with Crippen molar-refractivity contribution in [2.45, 2.75) is 17.7 Å². The Morgan fingerprint density at radius 1 is 1.06 bits per heavy atom. The van der Waals surface area contributed by atoms with E-state index >= 15 is 0 Å². The van der Waals surface area contributed by atoms with Gasteiger partial charge in [0.15, 0.2) is 5.13 Å². The number of carbonyl (C=O) groups is 1. The van der Waals surface area contributed by atoms with Crippen LogP contribution in [0.5, 0.6) is 11.5 Å². The number of hydrogen-bond acceptors (Lipinski definition) is 7. The first-order valence-corrected chi connectivity index (χ1v) is 12.8. The Morgan fingerprint density at radius 2 is 1.70 bits per heavy atom. The number of aromatic nitrogens is 1. The van der Waals surface area contributed by atoms with E-state index in [1.807, 2.05) is 29.6 Å². The van der Waals surface area contributed by atoms with Crippen molar-refractivity contribution in [3.63, 3.8) is 0 Å². The van der Waals surface area contributed by atoms with E-state index in [1.165, 1.54) is 34.9 Å². The maximum absolute atomic E-state index is 13.1. The summed E-state index contributed by atoms with van der Waals surface area (Å²) in [6.45, 7) is 0.522. The first-order chi connectivity index (χ1) is 15.9. The normalized spacial score (nSPS) is 16.8. The molecule has 1 fully saturated rings. The van der Waals surface area contributed by atoms with Crippen LogP contribution in [0.3, 0.4) is 0 Å². The molecule has 2 heterocycles. The highest BCUT2D eigenvalue weighted by molar-refractivity contribution is 7.89. The van der Waals surface area contributed by atoms with Crippen LogP contribution in [-0.2, 0) is 14.8 Å². The zero-order valence-electron chi connectivity index (χ0n) is 18.4. The molecule has 174 valence electrons. The number of methoxy groups -OCH3 is 2. The molecule has 1 atom stereocenters. The number of piperidine rings is 1. The van der Waals surface area contributed by atoms with E-state index in [4.69, 9.17) is 9.47 Å². The van der Waals surface area contributed by atoms with Crippen LogP contribution in [0.1, 0.15) is 12.8 Å². The van der Waals surface area contributed by atoms with Crippen molar-refractivity contribution in [2.24, 2.45) is 5.92 Å². The van der Waals surface area contributed by atoms with E-state index in [-0.39, 0.29) is 17.3 Å². The van der Waals surface area contributed by atoms with Crippen LogP contribution < -0.4 is 14.8 Å². The summed E-state index contributed by atoms with van der Waals surface area (Å²) in [5, 5.41) is 5.22. The molecule has 1 saturated heterocycles. The second-order valence-electron chi connectivity index (χ2n) is 7.63. The number of benzene rings is 2. The molecule has 1 amide bonds. The molecule has 2 aromatic carbocycles. The fraction of sp³-hybridized carbons (Fsp3) is 0.304.